The molecule has 1 aromatic heterocycles. The van der Waals surface area contributed by atoms with Crippen molar-refractivity contribution < 1.29 is 0 Å². The van der Waals surface area contributed by atoms with Gasteiger partial charge in [-0.2, -0.15) is 0 Å². The standard InChI is InChI=1S/C8H10N2/c1-3-5-9-8-7(2)4-6-10-8/h3-6,10H,1H2,2H3/b9-5-. The lowest BCUT2D eigenvalue weighted by Crippen LogP contribution is -1.67. The van der Waals surface area contributed by atoms with E-state index < -0.39 is 0 Å². The quantitative estimate of drug-likeness (QED) is 0.601. The van der Waals surface area contributed by atoms with Gasteiger partial charge in [0.25, 0.3) is 0 Å². The van der Waals surface area contributed by atoms with Crippen LogP contribution >= 0.6 is 0 Å². The number of aromatic nitrogens is 1. The molecule has 0 aliphatic carbocycles. The third kappa shape index (κ3) is 1.35. The lowest BCUT2D eigenvalue weighted by molar-refractivity contribution is 1.32. The van der Waals surface area contributed by atoms with E-state index in [0.29, 0.717) is 0 Å². The van der Waals surface area contributed by atoms with E-state index in [4.69, 9.17) is 0 Å². The molecule has 1 aromatic rings. The van der Waals surface area contributed by atoms with Crippen molar-refractivity contribution in [2.24, 2.45) is 4.99 Å². The Morgan fingerprint density at radius 2 is 2.50 bits per heavy atom. The fraction of sp³-hybridized carbons (Fsp3) is 0.125. The van der Waals surface area contributed by atoms with Gasteiger partial charge in [-0.25, -0.2) is 4.99 Å². The molecule has 1 rings (SSSR count). The molecule has 2 nitrogen and oxygen atoms in total. The van der Waals surface area contributed by atoms with Crippen molar-refractivity contribution in [1.29, 1.82) is 0 Å². The van der Waals surface area contributed by atoms with Crippen molar-refractivity contribution in [3.63, 3.8) is 0 Å². The highest BCUT2D eigenvalue weighted by Crippen LogP contribution is 2.13. The van der Waals surface area contributed by atoms with Gasteiger partial charge < -0.3 is 4.98 Å². The number of aromatic amines is 1. The van der Waals surface area contributed by atoms with Crippen LogP contribution in [0.3, 0.4) is 0 Å². The van der Waals surface area contributed by atoms with Crippen LogP contribution in [-0.2, 0) is 0 Å². The summed E-state index contributed by atoms with van der Waals surface area (Å²) in [5.41, 5.74) is 1.15. The Morgan fingerprint density at radius 1 is 1.70 bits per heavy atom. The molecule has 1 heterocycles. The molecule has 2 heteroatoms. The molecule has 1 N–H and O–H groups in total. The molecule has 0 amide bonds. The predicted octanol–water partition coefficient (Wildman–Crippen LogP) is 2.21. The summed E-state index contributed by atoms with van der Waals surface area (Å²) in [4.78, 5) is 7.08. The second kappa shape index (κ2) is 3.01. The Bertz CT molecular complexity index is 246. The summed E-state index contributed by atoms with van der Waals surface area (Å²) in [6.45, 7) is 5.53. The van der Waals surface area contributed by atoms with Gasteiger partial charge in [-0.05, 0) is 18.6 Å². The maximum Gasteiger partial charge on any atom is 0.132 e. The third-order valence-electron chi connectivity index (χ3n) is 1.24. The van der Waals surface area contributed by atoms with Gasteiger partial charge in [0.2, 0.25) is 0 Å². The van der Waals surface area contributed by atoms with E-state index in [0.717, 1.165) is 11.4 Å². The Hall–Kier alpha value is -1.31. The Labute approximate surface area is 60.3 Å². The average Bonchev–Trinajstić information content (AvgIpc) is 2.31. The van der Waals surface area contributed by atoms with Crippen LogP contribution in [-0.4, -0.2) is 11.2 Å². The van der Waals surface area contributed by atoms with Crippen molar-refractivity contribution in [2.45, 2.75) is 6.92 Å². The lowest BCUT2D eigenvalue weighted by atomic mass is 10.4. The van der Waals surface area contributed by atoms with Crippen LogP contribution in [0.15, 0.2) is 29.9 Å². The van der Waals surface area contributed by atoms with E-state index in [1.165, 1.54) is 0 Å². The zero-order valence-corrected chi connectivity index (χ0v) is 5.96. The van der Waals surface area contributed by atoms with Crippen LogP contribution in [0, 0.1) is 6.92 Å². The molecule has 0 bridgehead atoms. The van der Waals surface area contributed by atoms with Crippen LogP contribution < -0.4 is 0 Å². The van der Waals surface area contributed by atoms with Crippen LogP contribution in [0.25, 0.3) is 0 Å². The molecular weight excluding hydrogens is 124 g/mol. The molecule has 10 heavy (non-hydrogen) atoms. The summed E-state index contributed by atoms with van der Waals surface area (Å²) in [7, 11) is 0. The van der Waals surface area contributed by atoms with Gasteiger partial charge in [0.1, 0.15) is 5.82 Å². The van der Waals surface area contributed by atoms with E-state index in [2.05, 4.69) is 16.6 Å². The molecule has 0 saturated carbocycles. The maximum absolute atomic E-state index is 4.09. The highest BCUT2D eigenvalue weighted by Gasteiger charge is 1.91. The molecule has 0 atom stereocenters. The second-order valence-corrected chi connectivity index (χ2v) is 2.02. The maximum atomic E-state index is 4.09. The largest absolute Gasteiger partial charge is 0.346 e. The van der Waals surface area contributed by atoms with E-state index in [1.54, 1.807) is 12.3 Å². The van der Waals surface area contributed by atoms with Crippen molar-refractivity contribution in [1.82, 2.24) is 4.98 Å². The Kier molecular flexibility index (Phi) is 2.05. The van der Waals surface area contributed by atoms with Crippen LogP contribution in [0.5, 0.6) is 0 Å². The first-order valence-electron chi connectivity index (χ1n) is 3.13. The van der Waals surface area contributed by atoms with Crippen molar-refractivity contribution in [2.75, 3.05) is 0 Å². The molecule has 0 spiro atoms. The Balaban J connectivity index is 2.83. The monoisotopic (exact) mass is 134 g/mol. The minimum Gasteiger partial charge on any atom is -0.346 e. The number of aliphatic imine (C=N–C) groups is 1. The number of H-pyrrole nitrogens is 1. The number of rotatable bonds is 2. The van der Waals surface area contributed by atoms with Crippen molar-refractivity contribution >= 4 is 12.0 Å². The predicted molar refractivity (Wildman–Crippen MR) is 43.9 cm³/mol. The first-order valence-corrected chi connectivity index (χ1v) is 3.13. The van der Waals surface area contributed by atoms with Crippen LogP contribution in [0.1, 0.15) is 5.56 Å². The summed E-state index contributed by atoms with van der Waals surface area (Å²) in [5.74, 6) is 0.903. The van der Waals surface area contributed by atoms with Gasteiger partial charge in [-0.15, -0.1) is 0 Å². The van der Waals surface area contributed by atoms with Crippen LogP contribution in [0.2, 0.25) is 0 Å². The highest BCUT2D eigenvalue weighted by atomic mass is 14.9. The molecule has 0 aliphatic heterocycles. The van der Waals surface area contributed by atoms with Crippen molar-refractivity contribution in [3.8, 4) is 0 Å². The lowest BCUT2D eigenvalue weighted by Gasteiger charge is -1.86. The minimum absolute atomic E-state index is 0.903. The summed E-state index contributed by atoms with van der Waals surface area (Å²) in [6.07, 6.45) is 5.18. The molecule has 0 radical (unpaired) electrons. The smallest absolute Gasteiger partial charge is 0.132 e. The highest BCUT2D eigenvalue weighted by molar-refractivity contribution is 5.73. The summed E-state index contributed by atoms with van der Waals surface area (Å²) in [5, 5.41) is 0. The topological polar surface area (TPSA) is 28.1 Å². The number of aryl methyl sites for hydroxylation is 1. The zero-order chi connectivity index (χ0) is 7.40. The fourth-order valence-electron chi connectivity index (χ4n) is 0.705. The molecule has 52 valence electrons. The molecule has 0 aliphatic rings. The Morgan fingerprint density at radius 3 is 3.00 bits per heavy atom. The normalized spacial score (nSPS) is 10.5. The number of hydrogen-bond donors (Lipinski definition) is 1. The number of nitrogens with zero attached hydrogens (tertiary/aromatic N) is 1. The fourth-order valence-corrected chi connectivity index (χ4v) is 0.705. The summed E-state index contributed by atoms with van der Waals surface area (Å²) in [6, 6.07) is 1.98. The van der Waals surface area contributed by atoms with Crippen molar-refractivity contribution in [3.05, 3.63) is 30.5 Å². The van der Waals surface area contributed by atoms with E-state index in [-0.39, 0.29) is 0 Å². The number of allylic oxidation sites excluding steroid dienone is 1. The molecular formula is C8H10N2. The van der Waals surface area contributed by atoms with E-state index in [9.17, 15) is 0 Å². The number of hydrogen-bond acceptors (Lipinski definition) is 1. The minimum atomic E-state index is 0.903. The first-order chi connectivity index (χ1) is 4.84. The zero-order valence-electron chi connectivity index (χ0n) is 5.96. The third-order valence-corrected chi connectivity index (χ3v) is 1.24. The van der Waals surface area contributed by atoms with Gasteiger partial charge in [-0.3, -0.25) is 0 Å². The summed E-state index contributed by atoms with van der Waals surface area (Å²) >= 11 is 0. The molecule has 0 aromatic carbocycles. The average molecular weight is 134 g/mol. The van der Waals surface area contributed by atoms with Gasteiger partial charge in [-0.1, -0.05) is 12.7 Å². The number of nitrogens with one attached hydrogen (secondary N) is 1. The molecule has 0 unspecified atom stereocenters. The SMILES string of the molecule is C=C/C=N\c1[nH]ccc1C. The second-order valence-electron chi connectivity index (χ2n) is 2.02. The molecule has 0 fully saturated rings. The van der Waals surface area contributed by atoms with Gasteiger partial charge >= 0.3 is 0 Å². The van der Waals surface area contributed by atoms with E-state index >= 15 is 0 Å². The van der Waals surface area contributed by atoms with E-state index in [1.807, 2.05) is 19.2 Å². The first kappa shape index (κ1) is 6.81. The van der Waals surface area contributed by atoms with Gasteiger partial charge in [0.05, 0.1) is 0 Å². The van der Waals surface area contributed by atoms with Gasteiger partial charge in [0.15, 0.2) is 0 Å². The molecule has 0 saturated heterocycles. The van der Waals surface area contributed by atoms with Crippen LogP contribution in [0.4, 0.5) is 5.82 Å². The van der Waals surface area contributed by atoms with Gasteiger partial charge in [0, 0.05) is 12.4 Å². The summed E-state index contributed by atoms with van der Waals surface area (Å²) < 4.78 is 0.